The van der Waals surface area contributed by atoms with E-state index in [2.05, 4.69) is 4.98 Å². The van der Waals surface area contributed by atoms with Gasteiger partial charge in [0.05, 0.1) is 24.3 Å². The fraction of sp³-hybridized carbons (Fsp3) is 0.700. The summed E-state index contributed by atoms with van der Waals surface area (Å²) in [5.41, 5.74) is 1.53. The summed E-state index contributed by atoms with van der Waals surface area (Å²) < 4.78 is 1.92. The molecule has 1 heterocycles. The molecule has 0 amide bonds. The Hall–Kier alpha value is -0.830. The van der Waals surface area contributed by atoms with Gasteiger partial charge in [0.15, 0.2) is 0 Å². The Balaban J connectivity index is 1.82. The first-order chi connectivity index (χ1) is 6.23. The van der Waals surface area contributed by atoms with E-state index in [-0.39, 0.29) is 6.10 Å². The van der Waals surface area contributed by atoms with Crippen LogP contribution in [0.25, 0.3) is 0 Å². The number of aryl methyl sites for hydroxylation is 1. The van der Waals surface area contributed by atoms with E-state index < -0.39 is 0 Å². The van der Waals surface area contributed by atoms with Crippen molar-refractivity contribution in [3.8, 4) is 0 Å². The van der Waals surface area contributed by atoms with E-state index in [1.807, 2.05) is 11.6 Å². The summed E-state index contributed by atoms with van der Waals surface area (Å²) in [6.45, 7) is 0. The Morgan fingerprint density at radius 2 is 2.46 bits per heavy atom. The molecule has 13 heavy (non-hydrogen) atoms. The van der Waals surface area contributed by atoms with Gasteiger partial charge in [-0.3, -0.25) is 0 Å². The highest BCUT2D eigenvalue weighted by Crippen LogP contribution is 2.73. The third-order valence-electron chi connectivity index (χ3n) is 3.68. The van der Waals surface area contributed by atoms with Crippen LogP contribution >= 0.6 is 0 Å². The van der Waals surface area contributed by atoms with Crippen molar-refractivity contribution in [2.24, 2.45) is 18.4 Å². The van der Waals surface area contributed by atoms with E-state index in [1.54, 1.807) is 12.5 Å². The Bertz CT molecular complexity index is 340. The normalized spacial score (nSPS) is 30.5. The molecule has 2 fully saturated rings. The maximum absolute atomic E-state index is 10.0. The topological polar surface area (TPSA) is 38.0 Å². The van der Waals surface area contributed by atoms with Gasteiger partial charge in [0.2, 0.25) is 0 Å². The lowest BCUT2D eigenvalue weighted by Crippen LogP contribution is -2.06. The standard InChI is InChI=1S/C10H14N2O/c1-12-6-11-5-8(12)9(13)7-4-10(7)2-3-10/h5-7,9,13H,2-4H2,1H3. The van der Waals surface area contributed by atoms with Crippen LogP contribution in [-0.4, -0.2) is 14.7 Å². The highest BCUT2D eigenvalue weighted by molar-refractivity contribution is 5.19. The summed E-state index contributed by atoms with van der Waals surface area (Å²) in [5.74, 6) is 0.517. The first-order valence-corrected chi connectivity index (χ1v) is 4.87. The molecule has 1 spiro atoms. The average molecular weight is 178 g/mol. The maximum atomic E-state index is 10.0. The van der Waals surface area contributed by atoms with Gasteiger partial charge in [-0.2, -0.15) is 0 Å². The Morgan fingerprint density at radius 1 is 1.69 bits per heavy atom. The summed E-state index contributed by atoms with van der Waals surface area (Å²) in [4.78, 5) is 4.02. The molecule has 2 saturated carbocycles. The molecule has 1 N–H and O–H groups in total. The third kappa shape index (κ3) is 0.967. The second-order valence-electron chi connectivity index (χ2n) is 4.55. The van der Waals surface area contributed by atoms with Crippen LogP contribution in [0.4, 0.5) is 0 Å². The monoisotopic (exact) mass is 178 g/mol. The fourth-order valence-electron chi connectivity index (χ4n) is 2.42. The SMILES string of the molecule is Cn1cncc1C(O)C1CC12CC2. The largest absolute Gasteiger partial charge is 0.387 e. The molecule has 2 aliphatic rings. The lowest BCUT2D eigenvalue weighted by atomic mass is 10.1. The number of imidazole rings is 1. The zero-order valence-corrected chi connectivity index (χ0v) is 7.77. The summed E-state index contributed by atoms with van der Waals surface area (Å²) in [5, 5.41) is 10.0. The molecule has 0 bridgehead atoms. The Labute approximate surface area is 77.4 Å². The summed E-state index contributed by atoms with van der Waals surface area (Å²) in [7, 11) is 1.94. The molecule has 3 nitrogen and oxygen atoms in total. The van der Waals surface area contributed by atoms with E-state index in [4.69, 9.17) is 0 Å². The number of nitrogens with zero attached hydrogens (tertiary/aromatic N) is 2. The molecular formula is C10H14N2O. The van der Waals surface area contributed by atoms with E-state index in [1.165, 1.54) is 19.3 Å². The lowest BCUT2D eigenvalue weighted by Gasteiger charge is -2.10. The highest BCUT2D eigenvalue weighted by atomic mass is 16.3. The smallest absolute Gasteiger partial charge is 0.0989 e. The highest BCUT2D eigenvalue weighted by Gasteiger charge is 2.65. The van der Waals surface area contributed by atoms with Crippen LogP contribution in [0.2, 0.25) is 0 Å². The molecule has 0 aliphatic heterocycles. The van der Waals surface area contributed by atoms with Gasteiger partial charge in [-0.05, 0) is 30.6 Å². The number of rotatable bonds is 2. The van der Waals surface area contributed by atoms with Crippen molar-refractivity contribution in [1.82, 2.24) is 9.55 Å². The molecule has 0 aromatic carbocycles. The van der Waals surface area contributed by atoms with Gasteiger partial charge >= 0.3 is 0 Å². The zero-order valence-electron chi connectivity index (χ0n) is 7.77. The molecule has 2 aliphatic carbocycles. The van der Waals surface area contributed by atoms with E-state index >= 15 is 0 Å². The predicted octanol–water partition coefficient (Wildman–Crippen LogP) is 1.25. The van der Waals surface area contributed by atoms with Gasteiger partial charge in [0.1, 0.15) is 0 Å². The van der Waals surface area contributed by atoms with Gasteiger partial charge in [0, 0.05) is 7.05 Å². The summed E-state index contributed by atoms with van der Waals surface area (Å²) in [6.07, 6.45) is 7.12. The van der Waals surface area contributed by atoms with Crippen LogP contribution in [0.15, 0.2) is 12.5 Å². The second kappa shape index (κ2) is 2.15. The van der Waals surface area contributed by atoms with E-state index in [9.17, 15) is 5.11 Å². The zero-order chi connectivity index (χ0) is 9.05. The number of aliphatic hydroxyl groups excluding tert-OH is 1. The molecule has 0 radical (unpaired) electrons. The van der Waals surface area contributed by atoms with Crippen molar-refractivity contribution in [2.45, 2.75) is 25.4 Å². The molecule has 2 unspecified atom stereocenters. The first-order valence-electron chi connectivity index (χ1n) is 4.87. The van der Waals surface area contributed by atoms with Gasteiger partial charge < -0.3 is 9.67 Å². The number of hydrogen-bond donors (Lipinski definition) is 1. The van der Waals surface area contributed by atoms with Crippen LogP contribution in [0, 0.1) is 11.3 Å². The van der Waals surface area contributed by atoms with Crippen LogP contribution < -0.4 is 0 Å². The molecular weight excluding hydrogens is 164 g/mol. The summed E-state index contributed by atoms with van der Waals surface area (Å²) >= 11 is 0. The van der Waals surface area contributed by atoms with Crippen LogP contribution in [-0.2, 0) is 7.05 Å². The summed E-state index contributed by atoms with van der Waals surface area (Å²) in [6, 6.07) is 0. The van der Waals surface area contributed by atoms with Gasteiger partial charge in [-0.25, -0.2) is 4.98 Å². The molecule has 3 heteroatoms. The minimum atomic E-state index is -0.282. The van der Waals surface area contributed by atoms with Crippen LogP contribution in [0.5, 0.6) is 0 Å². The van der Waals surface area contributed by atoms with E-state index in [0.29, 0.717) is 11.3 Å². The number of aromatic nitrogens is 2. The average Bonchev–Trinajstić information content (AvgIpc) is 3.00. The molecule has 1 aromatic rings. The maximum Gasteiger partial charge on any atom is 0.0989 e. The van der Waals surface area contributed by atoms with Crippen molar-refractivity contribution in [2.75, 3.05) is 0 Å². The van der Waals surface area contributed by atoms with Crippen molar-refractivity contribution in [3.05, 3.63) is 18.2 Å². The van der Waals surface area contributed by atoms with Crippen molar-refractivity contribution >= 4 is 0 Å². The van der Waals surface area contributed by atoms with Gasteiger partial charge in [-0.15, -0.1) is 0 Å². The third-order valence-corrected chi connectivity index (χ3v) is 3.68. The lowest BCUT2D eigenvalue weighted by molar-refractivity contribution is 0.137. The molecule has 0 saturated heterocycles. The Morgan fingerprint density at radius 3 is 2.92 bits per heavy atom. The van der Waals surface area contributed by atoms with Crippen LogP contribution in [0.1, 0.15) is 31.1 Å². The number of hydrogen-bond acceptors (Lipinski definition) is 2. The molecule has 2 atom stereocenters. The minimum Gasteiger partial charge on any atom is -0.387 e. The number of aliphatic hydroxyl groups is 1. The van der Waals surface area contributed by atoms with E-state index in [0.717, 1.165) is 5.69 Å². The van der Waals surface area contributed by atoms with Gasteiger partial charge in [0.25, 0.3) is 0 Å². The van der Waals surface area contributed by atoms with Crippen molar-refractivity contribution in [3.63, 3.8) is 0 Å². The first kappa shape index (κ1) is 7.56. The van der Waals surface area contributed by atoms with Crippen molar-refractivity contribution < 1.29 is 5.11 Å². The quantitative estimate of drug-likeness (QED) is 0.740. The Kier molecular flexibility index (Phi) is 1.25. The van der Waals surface area contributed by atoms with Crippen LogP contribution in [0.3, 0.4) is 0 Å². The molecule has 1 aromatic heterocycles. The fourth-order valence-corrected chi connectivity index (χ4v) is 2.42. The predicted molar refractivity (Wildman–Crippen MR) is 47.9 cm³/mol. The molecule has 3 rings (SSSR count). The second-order valence-corrected chi connectivity index (χ2v) is 4.55. The minimum absolute atomic E-state index is 0.282. The molecule has 70 valence electrons. The van der Waals surface area contributed by atoms with Crippen molar-refractivity contribution in [1.29, 1.82) is 0 Å². The van der Waals surface area contributed by atoms with Gasteiger partial charge in [-0.1, -0.05) is 0 Å².